The largest absolute Gasteiger partial charge is 0.381 e. The number of halogens is 1. The van der Waals surface area contributed by atoms with Crippen molar-refractivity contribution in [1.29, 1.82) is 0 Å². The average molecular weight is 576 g/mol. The van der Waals surface area contributed by atoms with Crippen LogP contribution in [0, 0.1) is 12.8 Å². The molecule has 8 heteroatoms. The number of dihydropyridines is 1. The molecule has 2 aromatic carbocycles. The van der Waals surface area contributed by atoms with Gasteiger partial charge in [-0.1, -0.05) is 42.0 Å². The predicted octanol–water partition coefficient (Wildman–Crippen LogP) is 5.01. The first-order valence-electron chi connectivity index (χ1n) is 12.8. The molecule has 4 N–H and O–H groups in total. The Kier molecular flexibility index (Phi) is 7.93. The molecule has 3 aromatic rings. The van der Waals surface area contributed by atoms with E-state index in [-0.39, 0.29) is 17.2 Å². The maximum absolute atomic E-state index is 13.5. The van der Waals surface area contributed by atoms with E-state index in [1.54, 1.807) is 6.20 Å². The molecule has 0 spiro atoms. The average Bonchev–Trinajstić information content (AvgIpc) is 2.92. The smallest absolute Gasteiger partial charge is 0.261 e. The van der Waals surface area contributed by atoms with E-state index in [0.29, 0.717) is 17.2 Å². The number of rotatable bonds is 6. The molecular weight excluding hydrogens is 544 g/mol. The normalized spacial score (nSPS) is 17.8. The standard InChI is InChI=1S/C30H31BrN4O3/c1-19-2-4-22(5-3-19)26-17-35(16-20-10-12-38-13-11-20)18-27(28(26)36)30(37)34-24-8-6-21(7-9-24)25-14-23(31)15-33-29(25)32/h2-9,14-15,17-18,20,29,33H,10-13,16,32H2,1H3,(H,34,37). The third-order valence-corrected chi connectivity index (χ3v) is 7.46. The molecule has 1 aromatic heterocycles. The Labute approximate surface area is 230 Å². The van der Waals surface area contributed by atoms with E-state index in [4.69, 9.17) is 10.5 Å². The number of benzene rings is 2. The number of allylic oxidation sites excluding steroid dienone is 2. The molecule has 1 unspecified atom stereocenters. The number of nitrogens with one attached hydrogen (secondary N) is 2. The summed E-state index contributed by atoms with van der Waals surface area (Å²) < 4.78 is 8.39. The number of hydrogen-bond acceptors (Lipinski definition) is 5. The summed E-state index contributed by atoms with van der Waals surface area (Å²) in [5, 5.41) is 6.01. The molecule has 1 amide bonds. The molecule has 1 atom stereocenters. The van der Waals surface area contributed by atoms with Crippen molar-refractivity contribution in [2.75, 3.05) is 18.5 Å². The van der Waals surface area contributed by atoms with Crippen LogP contribution in [0.3, 0.4) is 0 Å². The van der Waals surface area contributed by atoms with E-state index < -0.39 is 5.91 Å². The van der Waals surface area contributed by atoms with Crippen LogP contribution in [-0.4, -0.2) is 29.9 Å². The highest BCUT2D eigenvalue weighted by molar-refractivity contribution is 9.11. The number of hydrogen-bond donors (Lipinski definition) is 3. The summed E-state index contributed by atoms with van der Waals surface area (Å²) in [5.74, 6) is 0.00350. The number of anilines is 1. The lowest BCUT2D eigenvalue weighted by Gasteiger charge is -2.23. The van der Waals surface area contributed by atoms with Gasteiger partial charge in [0.1, 0.15) is 11.7 Å². The molecule has 0 aliphatic carbocycles. The molecule has 7 nitrogen and oxygen atoms in total. The van der Waals surface area contributed by atoms with E-state index in [9.17, 15) is 9.59 Å². The monoisotopic (exact) mass is 574 g/mol. The number of nitrogens with zero attached hydrogens (tertiary/aromatic N) is 1. The molecular formula is C30H31BrN4O3. The van der Waals surface area contributed by atoms with Gasteiger partial charge in [-0.3, -0.25) is 9.59 Å². The molecule has 3 heterocycles. The lowest BCUT2D eigenvalue weighted by atomic mass is 9.99. The van der Waals surface area contributed by atoms with Crippen LogP contribution in [0.4, 0.5) is 5.69 Å². The van der Waals surface area contributed by atoms with Gasteiger partial charge in [0.15, 0.2) is 0 Å². The zero-order valence-corrected chi connectivity index (χ0v) is 22.8. The van der Waals surface area contributed by atoms with Crippen LogP contribution in [-0.2, 0) is 11.3 Å². The van der Waals surface area contributed by atoms with Gasteiger partial charge >= 0.3 is 0 Å². The minimum Gasteiger partial charge on any atom is -0.381 e. The Morgan fingerprint density at radius 2 is 1.76 bits per heavy atom. The quantitative estimate of drug-likeness (QED) is 0.384. The number of carbonyl (C=O) groups is 1. The minimum atomic E-state index is -0.432. The van der Waals surface area contributed by atoms with Crippen LogP contribution >= 0.6 is 15.9 Å². The summed E-state index contributed by atoms with van der Waals surface area (Å²) in [6, 6.07) is 15.2. The molecule has 1 fully saturated rings. The van der Waals surface area contributed by atoms with Gasteiger partial charge < -0.3 is 25.7 Å². The Morgan fingerprint density at radius 3 is 2.47 bits per heavy atom. The summed E-state index contributed by atoms with van der Waals surface area (Å²) in [6.07, 6.45) is 8.92. The molecule has 0 saturated carbocycles. The second kappa shape index (κ2) is 11.5. The number of nitrogens with two attached hydrogens (primary N) is 1. The van der Waals surface area contributed by atoms with Gasteiger partial charge in [0, 0.05) is 54.1 Å². The van der Waals surface area contributed by atoms with E-state index in [0.717, 1.165) is 59.3 Å². The van der Waals surface area contributed by atoms with E-state index >= 15 is 0 Å². The molecule has 2 aliphatic rings. The molecule has 2 aliphatic heterocycles. The topological polar surface area (TPSA) is 98.4 Å². The number of aromatic nitrogens is 1. The first-order valence-corrected chi connectivity index (χ1v) is 13.6. The van der Waals surface area contributed by atoms with Crippen LogP contribution in [0.15, 0.2) is 82.5 Å². The van der Waals surface area contributed by atoms with Gasteiger partial charge in [0.2, 0.25) is 5.43 Å². The number of carbonyl (C=O) groups excluding carboxylic acids is 1. The van der Waals surface area contributed by atoms with Gasteiger partial charge in [-0.15, -0.1) is 0 Å². The summed E-state index contributed by atoms with van der Waals surface area (Å²) >= 11 is 3.47. The zero-order chi connectivity index (χ0) is 26.6. The molecule has 38 heavy (non-hydrogen) atoms. The van der Waals surface area contributed by atoms with Crippen molar-refractivity contribution in [2.24, 2.45) is 11.7 Å². The van der Waals surface area contributed by atoms with Crippen molar-refractivity contribution >= 4 is 33.1 Å². The summed E-state index contributed by atoms with van der Waals surface area (Å²) in [5.41, 5.74) is 10.9. The number of ether oxygens (including phenoxy) is 1. The van der Waals surface area contributed by atoms with Gasteiger partial charge in [-0.05, 0) is 76.5 Å². The van der Waals surface area contributed by atoms with E-state index in [2.05, 4.69) is 26.6 Å². The van der Waals surface area contributed by atoms with Crippen LogP contribution in [0.2, 0.25) is 0 Å². The van der Waals surface area contributed by atoms with Crippen molar-refractivity contribution in [2.45, 2.75) is 32.5 Å². The van der Waals surface area contributed by atoms with Crippen LogP contribution in [0.25, 0.3) is 16.7 Å². The SMILES string of the molecule is Cc1ccc(-c2cn(CC3CCOCC3)cc(C(=O)Nc3ccc(C4=CC(Br)=CNC4N)cc3)c2=O)cc1. The third-order valence-electron chi connectivity index (χ3n) is 7.00. The highest BCUT2D eigenvalue weighted by Crippen LogP contribution is 2.26. The van der Waals surface area contributed by atoms with Crippen molar-refractivity contribution < 1.29 is 9.53 Å². The third kappa shape index (κ3) is 5.99. The van der Waals surface area contributed by atoms with E-state index in [1.165, 1.54) is 0 Å². The maximum atomic E-state index is 13.5. The number of pyridine rings is 1. The molecule has 196 valence electrons. The molecule has 0 radical (unpaired) electrons. The molecule has 0 bridgehead atoms. The van der Waals surface area contributed by atoms with Crippen molar-refractivity contribution in [3.8, 4) is 11.1 Å². The molecule has 5 rings (SSSR count). The minimum absolute atomic E-state index is 0.120. The maximum Gasteiger partial charge on any atom is 0.261 e. The first kappa shape index (κ1) is 26.2. The summed E-state index contributed by atoms with van der Waals surface area (Å²) in [7, 11) is 0. The summed E-state index contributed by atoms with van der Waals surface area (Å²) in [6.45, 7) is 4.21. The Bertz CT molecular complexity index is 1440. The number of amides is 1. The zero-order valence-electron chi connectivity index (χ0n) is 21.2. The highest BCUT2D eigenvalue weighted by Gasteiger charge is 2.20. The first-order chi connectivity index (χ1) is 18.4. The Hall–Kier alpha value is -3.46. The van der Waals surface area contributed by atoms with Crippen LogP contribution in [0.5, 0.6) is 0 Å². The second-order valence-electron chi connectivity index (χ2n) is 9.84. The van der Waals surface area contributed by atoms with Crippen molar-refractivity contribution in [1.82, 2.24) is 9.88 Å². The van der Waals surface area contributed by atoms with Gasteiger partial charge in [-0.25, -0.2) is 0 Å². The van der Waals surface area contributed by atoms with E-state index in [1.807, 2.05) is 78.5 Å². The predicted molar refractivity (Wildman–Crippen MR) is 155 cm³/mol. The van der Waals surface area contributed by atoms with Gasteiger partial charge in [0.25, 0.3) is 5.91 Å². The lowest BCUT2D eigenvalue weighted by Crippen LogP contribution is -2.36. The van der Waals surface area contributed by atoms with Gasteiger partial charge in [-0.2, -0.15) is 0 Å². The van der Waals surface area contributed by atoms with Crippen LogP contribution in [0.1, 0.15) is 34.3 Å². The highest BCUT2D eigenvalue weighted by atomic mass is 79.9. The second-order valence-corrected chi connectivity index (χ2v) is 10.8. The molecule has 1 saturated heterocycles. The van der Waals surface area contributed by atoms with Crippen molar-refractivity contribution in [3.63, 3.8) is 0 Å². The Morgan fingerprint density at radius 1 is 1.08 bits per heavy atom. The fourth-order valence-electron chi connectivity index (χ4n) is 4.81. The van der Waals surface area contributed by atoms with Gasteiger partial charge in [0.05, 0.1) is 0 Å². The van der Waals surface area contributed by atoms with Crippen LogP contribution < -0.4 is 21.8 Å². The Balaban J connectivity index is 1.43. The summed E-state index contributed by atoms with van der Waals surface area (Å²) in [4.78, 5) is 26.9. The fraction of sp³-hybridized carbons (Fsp3) is 0.267. The fourth-order valence-corrected chi connectivity index (χ4v) is 5.19. The number of aryl methyl sites for hydroxylation is 1. The lowest BCUT2D eigenvalue weighted by molar-refractivity contribution is 0.0612. The van der Waals surface area contributed by atoms with Crippen molar-refractivity contribution in [3.05, 3.63) is 105 Å².